The van der Waals surface area contributed by atoms with Gasteiger partial charge in [-0.15, -0.1) is 0 Å². The molecule has 1 aliphatic rings. The summed E-state index contributed by atoms with van der Waals surface area (Å²) >= 11 is 0. The Hall–Kier alpha value is -1.56. The predicted molar refractivity (Wildman–Crippen MR) is 73.6 cm³/mol. The molecule has 21 heavy (non-hydrogen) atoms. The number of alkyl halides is 3. The van der Waals surface area contributed by atoms with Crippen molar-refractivity contribution in [2.75, 3.05) is 13.1 Å². The number of benzene rings is 1. The van der Waals surface area contributed by atoms with E-state index >= 15 is 0 Å². The Morgan fingerprint density at radius 2 is 1.95 bits per heavy atom. The van der Waals surface area contributed by atoms with Crippen molar-refractivity contribution < 1.29 is 18.0 Å². The first kappa shape index (κ1) is 15.8. The maximum Gasteiger partial charge on any atom is 0.406 e. The van der Waals surface area contributed by atoms with Crippen LogP contribution in [0.1, 0.15) is 24.8 Å². The van der Waals surface area contributed by atoms with Gasteiger partial charge in [0.2, 0.25) is 5.91 Å². The minimum Gasteiger partial charge on any atom is -0.328 e. The average Bonchev–Trinajstić information content (AvgIpc) is 2.46. The summed E-state index contributed by atoms with van der Waals surface area (Å²) in [7, 11) is 0. The fourth-order valence-corrected chi connectivity index (χ4v) is 2.51. The SMILES string of the molecule is O=C(C1CCCCN1)N(Cc1ccccc1)CC(F)(F)F. The molecule has 0 radical (unpaired) electrons. The zero-order valence-electron chi connectivity index (χ0n) is 11.7. The van der Waals surface area contributed by atoms with Crippen molar-refractivity contribution in [2.24, 2.45) is 0 Å². The molecule has 1 N–H and O–H groups in total. The highest BCUT2D eigenvalue weighted by Crippen LogP contribution is 2.20. The Balaban J connectivity index is 2.09. The molecule has 3 nitrogen and oxygen atoms in total. The number of halogens is 3. The van der Waals surface area contributed by atoms with E-state index in [-0.39, 0.29) is 6.54 Å². The number of hydrogen-bond acceptors (Lipinski definition) is 2. The van der Waals surface area contributed by atoms with Crippen molar-refractivity contribution in [3.8, 4) is 0 Å². The Morgan fingerprint density at radius 1 is 1.24 bits per heavy atom. The number of hydrogen-bond donors (Lipinski definition) is 1. The van der Waals surface area contributed by atoms with Crippen molar-refractivity contribution in [1.82, 2.24) is 10.2 Å². The van der Waals surface area contributed by atoms with Crippen molar-refractivity contribution >= 4 is 5.91 Å². The zero-order valence-corrected chi connectivity index (χ0v) is 11.7. The van der Waals surface area contributed by atoms with Crippen LogP contribution in [0.15, 0.2) is 30.3 Å². The number of carbonyl (C=O) groups is 1. The van der Waals surface area contributed by atoms with E-state index < -0.39 is 24.7 Å². The summed E-state index contributed by atoms with van der Waals surface area (Å²) in [4.78, 5) is 13.2. The van der Waals surface area contributed by atoms with E-state index in [1.165, 1.54) is 0 Å². The van der Waals surface area contributed by atoms with Gasteiger partial charge in [-0.3, -0.25) is 4.79 Å². The maximum atomic E-state index is 12.7. The Morgan fingerprint density at radius 3 is 2.52 bits per heavy atom. The van der Waals surface area contributed by atoms with E-state index in [0.717, 1.165) is 17.7 Å². The molecule has 116 valence electrons. The third-order valence-corrected chi connectivity index (χ3v) is 3.51. The van der Waals surface area contributed by atoms with E-state index in [2.05, 4.69) is 5.32 Å². The summed E-state index contributed by atoms with van der Waals surface area (Å²) in [6.45, 7) is -0.544. The van der Waals surface area contributed by atoms with Crippen LogP contribution in [0.25, 0.3) is 0 Å². The highest BCUT2D eigenvalue weighted by molar-refractivity contribution is 5.82. The van der Waals surface area contributed by atoms with Crippen LogP contribution in [0, 0.1) is 0 Å². The second kappa shape index (κ2) is 6.93. The lowest BCUT2D eigenvalue weighted by Gasteiger charge is -2.30. The van der Waals surface area contributed by atoms with Gasteiger partial charge in [0.25, 0.3) is 0 Å². The molecule has 1 aliphatic heterocycles. The minimum atomic E-state index is -4.39. The first-order valence-corrected chi connectivity index (χ1v) is 7.08. The second-order valence-electron chi connectivity index (χ2n) is 5.30. The van der Waals surface area contributed by atoms with Crippen LogP contribution in [-0.2, 0) is 11.3 Å². The Bertz CT molecular complexity index is 456. The molecule has 1 fully saturated rings. The second-order valence-corrected chi connectivity index (χ2v) is 5.30. The van der Waals surface area contributed by atoms with Crippen LogP contribution < -0.4 is 5.32 Å². The van der Waals surface area contributed by atoms with E-state index in [9.17, 15) is 18.0 Å². The third-order valence-electron chi connectivity index (χ3n) is 3.51. The monoisotopic (exact) mass is 300 g/mol. The summed E-state index contributed by atoms with van der Waals surface area (Å²) in [5.41, 5.74) is 0.700. The van der Waals surface area contributed by atoms with Crippen LogP contribution in [0.2, 0.25) is 0 Å². The van der Waals surface area contributed by atoms with Crippen LogP contribution >= 0.6 is 0 Å². The summed E-state index contributed by atoms with van der Waals surface area (Å²) in [5, 5.41) is 3.01. The molecule has 1 amide bonds. The molecule has 1 heterocycles. The van der Waals surface area contributed by atoms with E-state index in [1.54, 1.807) is 30.3 Å². The lowest BCUT2D eigenvalue weighted by Crippen LogP contribution is -2.50. The molecule has 6 heteroatoms. The standard InChI is InChI=1S/C15H19F3N2O/c16-15(17,18)11-20(10-12-6-2-1-3-7-12)14(21)13-8-4-5-9-19-13/h1-3,6-7,13,19H,4-5,8-11H2. The number of rotatable bonds is 4. The maximum absolute atomic E-state index is 12.7. The molecule has 0 aliphatic carbocycles. The van der Waals surface area contributed by atoms with Gasteiger partial charge >= 0.3 is 6.18 Å². The van der Waals surface area contributed by atoms with Crippen molar-refractivity contribution in [3.05, 3.63) is 35.9 Å². The van der Waals surface area contributed by atoms with Gasteiger partial charge in [-0.25, -0.2) is 0 Å². The lowest BCUT2D eigenvalue weighted by molar-refractivity contribution is -0.164. The van der Waals surface area contributed by atoms with Gasteiger partial charge in [-0.05, 0) is 24.9 Å². The fraction of sp³-hybridized carbons (Fsp3) is 0.533. The van der Waals surface area contributed by atoms with Gasteiger partial charge in [0.1, 0.15) is 6.54 Å². The first-order valence-electron chi connectivity index (χ1n) is 7.08. The molecule has 0 bridgehead atoms. The molecular formula is C15H19F3N2O. The van der Waals surface area contributed by atoms with Crippen molar-refractivity contribution in [1.29, 1.82) is 0 Å². The summed E-state index contributed by atoms with van der Waals surface area (Å²) < 4.78 is 38.2. The van der Waals surface area contributed by atoms with Gasteiger partial charge in [0.05, 0.1) is 6.04 Å². The van der Waals surface area contributed by atoms with Crippen molar-refractivity contribution in [3.63, 3.8) is 0 Å². The third kappa shape index (κ3) is 5.04. The van der Waals surface area contributed by atoms with Crippen LogP contribution in [-0.4, -0.2) is 36.1 Å². The molecular weight excluding hydrogens is 281 g/mol. The first-order chi connectivity index (χ1) is 9.96. The number of nitrogens with one attached hydrogen (secondary N) is 1. The molecule has 2 rings (SSSR count). The van der Waals surface area contributed by atoms with E-state index in [0.29, 0.717) is 18.5 Å². The molecule has 0 saturated carbocycles. The summed E-state index contributed by atoms with van der Waals surface area (Å²) in [5.74, 6) is -0.462. The zero-order chi connectivity index (χ0) is 15.3. The normalized spacial score (nSPS) is 19.3. The van der Waals surface area contributed by atoms with Gasteiger partial charge in [-0.2, -0.15) is 13.2 Å². The number of nitrogens with zero attached hydrogens (tertiary/aromatic N) is 1. The largest absolute Gasteiger partial charge is 0.406 e. The van der Waals surface area contributed by atoms with Crippen molar-refractivity contribution in [2.45, 2.75) is 38.0 Å². The molecule has 1 aromatic carbocycles. The lowest BCUT2D eigenvalue weighted by atomic mass is 10.0. The number of piperidine rings is 1. The fourth-order valence-electron chi connectivity index (χ4n) is 2.51. The smallest absolute Gasteiger partial charge is 0.328 e. The van der Waals surface area contributed by atoms with Gasteiger partial charge in [0, 0.05) is 6.54 Å². The molecule has 1 aromatic rings. The van der Waals surface area contributed by atoms with Gasteiger partial charge < -0.3 is 10.2 Å². The Labute approximate surface area is 122 Å². The molecule has 0 spiro atoms. The molecule has 0 aromatic heterocycles. The van der Waals surface area contributed by atoms with Crippen LogP contribution in [0.4, 0.5) is 13.2 Å². The molecule has 1 atom stereocenters. The number of amides is 1. The molecule has 1 saturated heterocycles. The van der Waals surface area contributed by atoms with Crippen LogP contribution in [0.5, 0.6) is 0 Å². The summed E-state index contributed by atoms with van der Waals surface area (Å²) in [6.07, 6.45) is -1.96. The van der Waals surface area contributed by atoms with Crippen LogP contribution in [0.3, 0.4) is 0 Å². The Kier molecular flexibility index (Phi) is 5.22. The summed E-state index contributed by atoms with van der Waals surface area (Å²) in [6, 6.07) is 8.26. The number of carbonyl (C=O) groups excluding carboxylic acids is 1. The van der Waals surface area contributed by atoms with E-state index in [1.807, 2.05) is 0 Å². The predicted octanol–water partition coefficient (Wildman–Crippen LogP) is 2.72. The van der Waals surface area contributed by atoms with Gasteiger partial charge in [0.15, 0.2) is 0 Å². The van der Waals surface area contributed by atoms with Gasteiger partial charge in [-0.1, -0.05) is 36.8 Å². The molecule has 1 unspecified atom stereocenters. The van der Waals surface area contributed by atoms with E-state index in [4.69, 9.17) is 0 Å². The highest BCUT2D eigenvalue weighted by atomic mass is 19.4. The highest BCUT2D eigenvalue weighted by Gasteiger charge is 2.35. The minimum absolute atomic E-state index is 0.0165. The average molecular weight is 300 g/mol. The topological polar surface area (TPSA) is 32.3 Å². The quantitative estimate of drug-likeness (QED) is 0.927.